The zero-order chi connectivity index (χ0) is 13.7. The van der Waals surface area contributed by atoms with Crippen LogP contribution in [0.5, 0.6) is 5.75 Å². The number of halogens is 2. The van der Waals surface area contributed by atoms with Crippen molar-refractivity contribution in [3.05, 3.63) is 22.2 Å². The molecule has 0 amide bonds. The molecule has 19 heavy (non-hydrogen) atoms. The second-order valence-electron chi connectivity index (χ2n) is 4.98. The van der Waals surface area contributed by atoms with Gasteiger partial charge in [-0.2, -0.15) is 0 Å². The van der Waals surface area contributed by atoms with E-state index in [0.29, 0.717) is 40.1 Å². The Morgan fingerprint density at radius 3 is 3.11 bits per heavy atom. The molecule has 1 aliphatic rings. The van der Waals surface area contributed by atoms with Crippen LogP contribution in [0, 0.1) is 5.82 Å². The summed E-state index contributed by atoms with van der Waals surface area (Å²) in [5, 5.41) is 9.56. The molecule has 1 N–H and O–H groups in total. The lowest BCUT2D eigenvalue weighted by atomic mass is 10.2. The van der Waals surface area contributed by atoms with Gasteiger partial charge in [0.25, 0.3) is 0 Å². The molecule has 0 spiro atoms. The molecular formula is C13H14BrFN2O2. The first kappa shape index (κ1) is 12.9. The van der Waals surface area contributed by atoms with Gasteiger partial charge in [-0.3, -0.25) is 0 Å². The third kappa shape index (κ3) is 1.94. The number of aliphatic hydroxyl groups is 1. The van der Waals surface area contributed by atoms with Crippen LogP contribution >= 0.6 is 15.9 Å². The Morgan fingerprint density at radius 1 is 1.68 bits per heavy atom. The van der Waals surface area contributed by atoms with Crippen LogP contribution < -0.4 is 4.74 Å². The van der Waals surface area contributed by atoms with E-state index in [1.54, 1.807) is 6.92 Å². The first-order valence-electron chi connectivity index (χ1n) is 6.18. The molecule has 1 aliphatic heterocycles. The zero-order valence-electron chi connectivity index (χ0n) is 10.7. The van der Waals surface area contributed by atoms with E-state index in [9.17, 15) is 9.50 Å². The summed E-state index contributed by atoms with van der Waals surface area (Å²) < 4.78 is 22.3. The van der Waals surface area contributed by atoms with Crippen molar-refractivity contribution in [2.75, 3.05) is 6.61 Å². The van der Waals surface area contributed by atoms with Gasteiger partial charge in [0.1, 0.15) is 23.5 Å². The fourth-order valence-electron chi connectivity index (χ4n) is 2.52. The molecule has 0 saturated carbocycles. The number of rotatable bonds is 2. The van der Waals surface area contributed by atoms with Gasteiger partial charge in [-0.1, -0.05) is 0 Å². The Bertz CT molecular complexity index is 654. The third-order valence-electron chi connectivity index (χ3n) is 3.28. The highest BCUT2D eigenvalue weighted by Crippen LogP contribution is 2.40. The smallest absolute Gasteiger partial charge is 0.159 e. The molecule has 6 heteroatoms. The maximum Gasteiger partial charge on any atom is 0.159 e. The van der Waals surface area contributed by atoms with Gasteiger partial charge in [-0.15, -0.1) is 0 Å². The molecule has 3 rings (SSSR count). The fourth-order valence-corrected chi connectivity index (χ4v) is 3.02. The van der Waals surface area contributed by atoms with Crippen LogP contribution in [0.2, 0.25) is 0 Å². The van der Waals surface area contributed by atoms with Gasteiger partial charge >= 0.3 is 0 Å². The lowest BCUT2D eigenvalue weighted by Crippen LogP contribution is -2.22. The Kier molecular flexibility index (Phi) is 3.02. The van der Waals surface area contributed by atoms with Crippen molar-refractivity contribution in [1.29, 1.82) is 0 Å². The van der Waals surface area contributed by atoms with Crippen molar-refractivity contribution in [2.45, 2.75) is 32.4 Å². The van der Waals surface area contributed by atoms with Gasteiger partial charge < -0.3 is 14.4 Å². The van der Waals surface area contributed by atoms with Crippen LogP contribution in [0.3, 0.4) is 0 Å². The molecule has 0 radical (unpaired) electrons. The van der Waals surface area contributed by atoms with E-state index in [0.717, 1.165) is 0 Å². The molecule has 0 aliphatic carbocycles. The SMILES string of the molecule is CC(O)Cc1nc2c(F)cc(Br)c3c2n1C(C)CO3. The Morgan fingerprint density at radius 2 is 2.42 bits per heavy atom. The van der Waals surface area contributed by atoms with E-state index in [2.05, 4.69) is 20.9 Å². The molecular weight excluding hydrogens is 315 g/mol. The van der Waals surface area contributed by atoms with Gasteiger partial charge in [0.05, 0.1) is 16.6 Å². The highest BCUT2D eigenvalue weighted by atomic mass is 79.9. The molecule has 1 aromatic heterocycles. The van der Waals surface area contributed by atoms with Gasteiger partial charge in [0.2, 0.25) is 0 Å². The normalized spacial score (nSPS) is 19.5. The van der Waals surface area contributed by atoms with E-state index in [4.69, 9.17) is 4.74 Å². The predicted octanol–water partition coefficient (Wildman–Crippen LogP) is 2.81. The van der Waals surface area contributed by atoms with Crippen molar-refractivity contribution in [3.63, 3.8) is 0 Å². The molecule has 1 aromatic carbocycles. The van der Waals surface area contributed by atoms with E-state index in [1.165, 1.54) is 6.07 Å². The summed E-state index contributed by atoms with van der Waals surface area (Å²) in [4.78, 5) is 4.34. The monoisotopic (exact) mass is 328 g/mol. The molecule has 0 bridgehead atoms. The average Bonchev–Trinajstić information content (AvgIpc) is 2.68. The molecule has 0 saturated heterocycles. The quantitative estimate of drug-likeness (QED) is 0.922. The zero-order valence-corrected chi connectivity index (χ0v) is 12.2. The first-order chi connectivity index (χ1) is 8.99. The number of ether oxygens (including phenoxy) is 1. The molecule has 2 atom stereocenters. The van der Waals surface area contributed by atoms with Crippen molar-refractivity contribution in [3.8, 4) is 5.75 Å². The molecule has 0 fully saturated rings. The average molecular weight is 329 g/mol. The number of nitrogens with zero attached hydrogens (tertiary/aromatic N) is 2. The number of aliphatic hydroxyl groups excluding tert-OH is 1. The van der Waals surface area contributed by atoms with Crippen molar-refractivity contribution in [1.82, 2.24) is 9.55 Å². The number of hydrogen-bond donors (Lipinski definition) is 1. The number of imidazole rings is 1. The number of hydrogen-bond acceptors (Lipinski definition) is 3. The lowest BCUT2D eigenvalue weighted by molar-refractivity contribution is 0.187. The number of aromatic nitrogens is 2. The van der Waals surface area contributed by atoms with Crippen LogP contribution in [0.4, 0.5) is 4.39 Å². The van der Waals surface area contributed by atoms with Crippen LogP contribution in [-0.4, -0.2) is 27.4 Å². The van der Waals surface area contributed by atoms with Crippen LogP contribution in [0.25, 0.3) is 11.0 Å². The fraction of sp³-hybridized carbons (Fsp3) is 0.462. The topological polar surface area (TPSA) is 47.3 Å². The van der Waals surface area contributed by atoms with E-state index < -0.39 is 6.10 Å². The second kappa shape index (κ2) is 4.45. The summed E-state index contributed by atoms with van der Waals surface area (Å²) in [6.45, 7) is 4.20. The summed E-state index contributed by atoms with van der Waals surface area (Å²) >= 11 is 3.32. The molecule has 2 heterocycles. The maximum atomic E-state index is 14.0. The minimum atomic E-state index is -0.516. The van der Waals surface area contributed by atoms with Crippen molar-refractivity contribution in [2.24, 2.45) is 0 Å². The van der Waals surface area contributed by atoms with Gasteiger partial charge in [0, 0.05) is 6.42 Å². The third-order valence-corrected chi connectivity index (χ3v) is 3.87. The van der Waals surface area contributed by atoms with E-state index >= 15 is 0 Å². The van der Waals surface area contributed by atoms with Gasteiger partial charge in [-0.25, -0.2) is 9.37 Å². The summed E-state index contributed by atoms with van der Waals surface area (Å²) in [6.07, 6.45) is -0.117. The predicted molar refractivity (Wildman–Crippen MR) is 73.0 cm³/mol. The summed E-state index contributed by atoms with van der Waals surface area (Å²) in [5.41, 5.74) is 0.974. The lowest BCUT2D eigenvalue weighted by Gasteiger charge is -2.25. The molecule has 4 nitrogen and oxygen atoms in total. The van der Waals surface area contributed by atoms with Crippen LogP contribution in [-0.2, 0) is 6.42 Å². The first-order valence-corrected chi connectivity index (χ1v) is 6.98. The molecule has 2 aromatic rings. The van der Waals surface area contributed by atoms with Gasteiger partial charge in [0.15, 0.2) is 11.6 Å². The second-order valence-corrected chi connectivity index (χ2v) is 5.83. The Balaban J connectivity index is 2.34. The standard InChI is InChI=1S/C13H14BrFN2O2/c1-6-5-19-13-8(14)4-9(15)11-12(13)17(6)10(16-11)3-7(2)18/h4,6-7,18H,3,5H2,1-2H3. The van der Waals surface area contributed by atoms with Crippen molar-refractivity contribution >= 4 is 27.0 Å². The minimum absolute atomic E-state index is 0.0694. The number of benzene rings is 1. The van der Waals surface area contributed by atoms with E-state index in [1.807, 2.05) is 11.5 Å². The largest absolute Gasteiger partial charge is 0.488 e. The maximum absolute atomic E-state index is 14.0. The molecule has 102 valence electrons. The Labute approximate surface area is 118 Å². The highest BCUT2D eigenvalue weighted by molar-refractivity contribution is 9.10. The van der Waals surface area contributed by atoms with Crippen molar-refractivity contribution < 1.29 is 14.2 Å². The highest BCUT2D eigenvalue weighted by Gasteiger charge is 2.28. The summed E-state index contributed by atoms with van der Waals surface area (Å²) in [6, 6.07) is 1.44. The van der Waals surface area contributed by atoms with Gasteiger partial charge in [-0.05, 0) is 35.8 Å². The van der Waals surface area contributed by atoms with Crippen LogP contribution in [0.1, 0.15) is 25.7 Å². The van der Waals surface area contributed by atoms with E-state index in [-0.39, 0.29) is 11.9 Å². The Hall–Kier alpha value is -1.14. The minimum Gasteiger partial charge on any atom is -0.488 e. The summed E-state index contributed by atoms with van der Waals surface area (Å²) in [5.74, 6) is 0.937. The van der Waals surface area contributed by atoms with Crippen LogP contribution in [0.15, 0.2) is 10.5 Å². The molecule has 2 unspecified atom stereocenters. The summed E-state index contributed by atoms with van der Waals surface area (Å²) in [7, 11) is 0.